The van der Waals surface area contributed by atoms with Crippen molar-refractivity contribution >= 4 is 17.2 Å². The van der Waals surface area contributed by atoms with E-state index in [1.807, 2.05) is 56.3 Å². The van der Waals surface area contributed by atoms with E-state index in [0.717, 1.165) is 16.9 Å². The maximum absolute atomic E-state index is 6.11. The molecule has 0 spiro atoms. The highest BCUT2D eigenvalue weighted by atomic mass is 35.5. The molecular formula is C14H14ClN3. The van der Waals surface area contributed by atoms with Crippen LogP contribution in [0.15, 0.2) is 48.7 Å². The molecule has 0 amide bonds. The molecule has 4 heteroatoms. The predicted molar refractivity (Wildman–Crippen MR) is 74.8 cm³/mol. The van der Waals surface area contributed by atoms with Gasteiger partial charge in [0, 0.05) is 17.7 Å². The number of nitrogens with zero attached hydrogens (tertiary/aromatic N) is 3. The number of halogens is 1. The van der Waals surface area contributed by atoms with Crippen LogP contribution in [0.1, 0.15) is 13.8 Å². The normalized spacial score (nSPS) is 9.94. The van der Waals surface area contributed by atoms with Crippen LogP contribution in [0.2, 0.25) is 5.15 Å². The van der Waals surface area contributed by atoms with Gasteiger partial charge in [0.2, 0.25) is 0 Å². The molecule has 3 rings (SSSR count). The summed E-state index contributed by atoms with van der Waals surface area (Å²) < 4.78 is 1.61. The van der Waals surface area contributed by atoms with Gasteiger partial charge >= 0.3 is 0 Å². The standard InChI is InChI=1S/C12H8ClN3.C2H6/c13-11-8-10(9-4-2-1-3-5-9)15-12-6-7-14-16(11)12;1-2/h1-8H;1-2H3. The summed E-state index contributed by atoms with van der Waals surface area (Å²) >= 11 is 6.11. The summed E-state index contributed by atoms with van der Waals surface area (Å²) in [6, 6.07) is 13.6. The lowest BCUT2D eigenvalue weighted by Crippen LogP contribution is -1.93. The highest BCUT2D eigenvalue weighted by Gasteiger charge is 2.05. The minimum Gasteiger partial charge on any atom is -0.228 e. The maximum Gasteiger partial charge on any atom is 0.157 e. The third-order valence-corrected chi connectivity index (χ3v) is 2.65. The Morgan fingerprint density at radius 1 is 1.06 bits per heavy atom. The van der Waals surface area contributed by atoms with Crippen LogP contribution in [0.4, 0.5) is 0 Å². The van der Waals surface area contributed by atoms with Crippen molar-refractivity contribution in [3.63, 3.8) is 0 Å². The summed E-state index contributed by atoms with van der Waals surface area (Å²) in [6.45, 7) is 4.00. The minimum atomic E-state index is 0.564. The second-order valence-corrected chi connectivity index (χ2v) is 3.82. The second kappa shape index (κ2) is 5.65. The molecule has 3 aromatic rings. The van der Waals surface area contributed by atoms with Crippen molar-refractivity contribution in [3.05, 3.63) is 53.8 Å². The van der Waals surface area contributed by atoms with Gasteiger partial charge in [0.05, 0.1) is 11.9 Å². The first-order chi connectivity index (χ1) is 8.84. The van der Waals surface area contributed by atoms with E-state index in [0.29, 0.717) is 5.15 Å². The lowest BCUT2D eigenvalue weighted by atomic mass is 10.1. The monoisotopic (exact) mass is 259 g/mol. The van der Waals surface area contributed by atoms with E-state index >= 15 is 0 Å². The highest BCUT2D eigenvalue weighted by Crippen LogP contribution is 2.21. The molecule has 2 aromatic heterocycles. The van der Waals surface area contributed by atoms with Crippen molar-refractivity contribution in [1.29, 1.82) is 0 Å². The van der Waals surface area contributed by atoms with Crippen LogP contribution < -0.4 is 0 Å². The van der Waals surface area contributed by atoms with Crippen molar-refractivity contribution in [2.24, 2.45) is 0 Å². The van der Waals surface area contributed by atoms with Crippen molar-refractivity contribution in [1.82, 2.24) is 14.6 Å². The Bertz CT molecular complexity index is 632. The van der Waals surface area contributed by atoms with Crippen LogP contribution in [0.25, 0.3) is 16.9 Å². The zero-order chi connectivity index (χ0) is 13.0. The number of hydrogen-bond acceptors (Lipinski definition) is 2. The topological polar surface area (TPSA) is 30.2 Å². The molecule has 0 bridgehead atoms. The molecule has 3 nitrogen and oxygen atoms in total. The van der Waals surface area contributed by atoms with Gasteiger partial charge in [0.1, 0.15) is 5.15 Å². The second-order valence-electron chi connectivity index (χ2n) is 3.43. The molecule has 0 atom stereocenters. The van der Waals surface area contributed by atoms with Gasteiger partial charge in [0.15, 0.2) is 5.65 Å². The van der Waals surface area contributed by atoms with E-state index < -0.39 is 0 Å². The van der Waals surface area contributed by atoms with Gasteiger partial charge in [-0.25, -0.2) is 9.50 Å². The van der Waals surface area contributed by atoms with Gasteiger partial charge in [-0.05, 0) is 0 Å². The van der Waals surface area contributed by atoms with Crippen LogP contribution in [-0.2, 0) is 0 Å². The van der Waals surface area contributed by atoms with Gasteiger partial charge in [-0.15, -0.1) is 0 Å². The van der Waals surface area contributed by atoms with E-state index in [9.17, 15) is 0 Å². The summed E-state index contributed by atoms with van der Waals surface area (Å²) in [7, 11) is 0. The summed E-state index contributed by atoms with van der Waals surface area (Å²) in [6.07, 6.45) is 1.68. The lowest BCUT2D eigenvalue weighted by Gasteiger charge is -2.02. The fourth-order valence-corrected chi connectivity index (χ4v) is 1.87. The van der Waals surface area contributed by atoms with Crippen molar-refractivity contribution in [3.8, 4) is 11.3 Å². The fraction of sp³-hybridized carbons (Fsp3) is 0.143. The van der Waals surface area contributed by atoms with Crippen molar-refractivity contribution in [2.75, 3.05) is 0 Å². The zero-order valence-corrected chi connectivity index (χ0v) is 11.1. The molecule has 2 heterocycles. The van der Waals surface area contributed by atoms with E-state index in [1.54, 1.807) is 10.7 Å². The molecule has 0 fully saturated rings. The molecule has 0 aliphatic rings. The van der Waals surface area contributed by atoms with Crippen LogP contribution in [0.3, 0.4) is 0 Å². The molecule has 0 unspecified atom stereocenters. The van der Waals surface area contributed by atoms with Gasteiger partial charge in [0.25, 0.3) is 0 Å². The molecule has 0 N–H and O–H groups in total. The fourth-order valence-electron chi connectivity index (χ4n) is 1.63. The minimum absolute atomic E-state index is 0.564. The third kappa shape index (κ3) is 2.36. The summed E-state index contributed by atoms with van der Waals surface area (Å²) in [5, 5.41) is 4.64. The van der Waals surface area contributed by atoms with Crippen LogP contribution in [0, 0.1) is 0 Å². The van der Waals surface area contributed by atoms with Gasteiger partial charge < -0.3 is 0 Å². The SMILES string of the molecule is CC.Clc1cc(-c2ccccc2)nc2ccnn12. The number of hydrogen-bond donors (Lipinski definition) is 0. The molecule has 0 saturated heterocycles. The highest BCUT2D eigenvalue weighted by molar-refractivity contribution is 6.30. The molecule has 0 aliphatic heterocycles. The Labute approximate surface area is 111 Å². The predicted octanol–water partition coefficient (Wildman–Crippen LogP) is 4.08. The van der Waals surface area contributed by atoms with Crippen molar-refractivity contribution < 1.29 is 0 Å². The Balaban J connectivity index is 0.000000574. The Kier molecular flexibility index (Phi) is 3.95. The summed E-state index contributed by atoms with van der Waals surface area (Å²) in [5.41, 5.74) is 2.66. The number of fused-ring (bicyclic) bond motifs is 1. The van der Waals surface area contributed by atoms with E-state index in [-0.39, 0.29) is 0 Å². The Hall–Kier alpha value is -1.87. The Morgan fingerprint density at radius 3 is 2.50 bits per heavy atom. The quantitative estimate of drug-likeness (QED) is 0.617. The van der Waals surface area contributed by atoms with Crippen LogP contribution in [0.5, 0.6) is 0 Å². The average molecular weight is 260 g/mol. The van der Waals surface area contributed by atoms with Gasteiger partial charge in [-0.2, -0.15) is 5.10 Å². The van der Waals surface area contributed by atoms with E-state index in [2.05, 4.69) is 10.1 Å². The van der Waals surface area contributed by atoms with Crippen LogP contribution >= 0.6 is 11.6 Å². The maximum atomic E-state index is 6.11. The van der Waals surface area contributed by atoms with Gasteiger partial charge in [-0.1, -0.05) is 55.8 Å². The molecule has 18 heavy (non-hydrogen) atoms. The number of benzene rings is 1. The number of rotatable bonds is 1. The lowest BCUT2D eigenvalue weighted by molar-refractivity contribution is 0.942. The molecule has 0 saturated carbocycles. The Morgan fingerprint density at radius 2 is 1.78 bits per heavy atom. The largest absolute Gasteiger partial charge is 0.228 e. The number of aromatic nitrogens is 3. The molecular weight excluding hydrogens is 246 g/mol. The van der Waals surface area contributed by atoms with Crippen LogP contribution in [-0.4, -0.2) is 14.6 Å². The van der Waals surface area contributed by atoms with E-state index in [4.69, 9.17) is 11.6 Å². The molecule has 0 radical (unpaired) electrons. The average Bonchev–Trinajstić information content (AvgIpc) is 2.91. The summed E-state index contributed by atoms with van der Waals surface area (Å²) in [4.78, 5) is 4.48. The first kappa shape index (κ1) is 12.6. The smallest absolute Gasteiger partial charge is 0.157 e. The molecule has 1 aromatic carbocycles. The van der Waals surface area contributed by atoms with E-state index in [1.165, 1.54) is 0 Å². The summed E-state index contributed by atoms with van der Waals surface area (Å²) in [5.74, 6) is 0. The van der Waals surface area contributed by atoms with Crippen molar-refractivity contribution in [2.45, 2.75) is 13.8 Å². The zero-order valence-electron chi connectivity index (χ0n) is 10.3. The third-order valence-electron chi connectivity index (χ3n) is 2.39. The first-order valence-electron chi connectivity index (χ1n) is 5.90. The molecule has 0 aliphatic carbocycles. The first-order valence-corrected chi connectivity index (χ1v) is 6.28. The molecule has 92 valence electrons. The van der Waals surface area contributed by atoms with Gasteiger partial charge in [-0.3, -0.25) is 0 Å².